The van der Waals surface area contributed by atoms with Crippen molar-refractivity contribution in [1.82, 2.24) is 4.90 Å². The molecule has 1 aromatic rings. The Morgan fingerprint density at radius 1 is 1.26 bits per heavy atom. The molecule has 0 spiro atoms. The van der Waals surface area contributed by atoms with Crippen LogP contribution in [0.3, 0.4) is 0 Å². The monoisotopic (exact) mass is 260 g/mol. The molecule has 1 aromatic carbocycles. The Morgan fingerprint density at radius 3 is 2.47 bits per heavy atom. The first-order valence-corrected chi connectivity index (χ1v) is 6.67. The van der Waals surface area contributed by atoms with Gasteiger partial charge in [0.2, 0.25) is 5.91 Å². The van der Waals surface area contributed by atoms with Crippen molar-refractivity contribution < 1.29 is 9.59 Å². The van der Waals surface area contributed by atoms with Crippen molar-refractivity contribution in [3.8, 4) is 0 Å². The van der Waals surface area contributed by atoms with E-state index < -0.39 is 5.41 Å². The van der Waals surface area contributed by atoms with Crippen LogP contribution in [0.15, 0.2) is 18.2 Å². The highest BCUT2D eigenvalue weighted by atomic mass is 16.2. The Balaban J connectivity index is 2.41. The first-order chi connectivity index (χ1) is 8.91. The Morgan fingerprint density at radius 2 is 1.89 bits per heavy atom. The van der Waals surface area contributed by atoms with Crippen LogP contribution in [0.2, 0.25) is 0 Å². The fourth-order valence-corrected chi connectivity index (χ4v) is 2.40. The highest BCUT2D eigenvalue weighted by Gasteiger charge is 2.38. The van der Waals surface area contributed by atoms with Crippen molar-refractivity contribution in [2.24, 2.45) is 0 Å². The van der Waals surface area contributed by atoms with Gasteiger partial charge in [-0.15, -0.1) is 0 Å². The number of benzene rings is 1. The molecule has 4 heteroatoms. The van der Waals surface area contributed by atoms with Crippen molar-refractivity contribution in [3.05, 3.63) is 29.3 Å². The van der Waals surface area contributed by atoms with Crippen molar-refractivity contribution in [3.63, 3.8) is 0 Å². The molecular formula is C15H20N2O2. The van der Waals surface area contributed by atoms with Crippen LogP contribution in [0, 0.1) is 0 Å². The molecule has 0 bridgehead atoms. The molecule has 2 rings (SSSR count). The lowest BCUT2D eigenvalue weighted by molar-refractivity contribution is -0.119. The van der Waals surface area contributed by atoms with Gasteiger partial charge in [-0.05, 0) is 51.5 Å². The number of nitrogens with one attached hydrogen (secondary N) is 1. The van der Waals surface area contributed by atoms with Crippen LogP contribution in [-0.4, -0.2) is 29.8 Å². The largest absolute Gasteiger partial charge is 0.339 e. The van der Waals surface area contributed by atoms with Gasteiger partial charge in [-0.1, -0.05) is 0 Å². The molecule has 4 nitrogen and oxygen atoms in total. The van der Waals surface area contributed by atoms with Gasteiger partial charge in [0.05, 0.1) is 5.41 Å². The van der Waals surface area contributed by atoms with E-state index in [4.69, 9.17) is 0 Å². The van der Waals surface area contributed by atoms with Gasteiger partial charge in [0, 0.05) is 24.3 Å². The molecule has 0 aliphatic carbocycles. The van der Waals surface area contributed by atoms with Gasteiger partial charge >= 0.3 is 0 Å². The first-order valence-electron chi connectivity index (χ1n) is 6.67. The predicted molar refractivity (Wildman–Crippen MR) is 75.3 cm³/mol. The van der Waals surface area contributed by atoms with Crippen molar-refractivity contribution >= 4 is 17.5 Å². The molecule has 19 heavy (non-hydrogen) atoms. The summed E-state index contributed by atoms with van der Waals surface area (Å²) in [7, 11) is 0. The quantitative estimate of drug-likeness (QED) is 0.907. The van der Waals surface area contributed by atoms with Gasteiger partial charge in [0.25, 0.3) is 5.91 Å². The topological polar surface area (TPSA) is 49.4 Å². The molecule has 0 saturated carbocycles. The number of carbonyl (C=O) groups excluding carboxylic acids is 2. The van der Waals surface area contributed by atoms with Gasteiger partial charge in [0.15, 0.2) is 0 Å². The molecule has 1 N–H and O–H groups in total. The summed E-state index contributed by atoms with van der Waals surface area (Å²) in [6, 6.07) is 5.44. The number of hydrogen-bond donors (Lipinski definition) is 1. The predicted octanol–water partition coefficient (Wildman–Crippen LogP) is 2.40. The molecule has 0 radical (unpaired) electrons. The number of hydrogen-bond acceptors (Lipinski definition) is 2. The smallest absolute Gasteiger partial charge is 0.253 e. The molecular weight excluding hydrogens is 240 g/mol. The highest BCUT2D eigenvalue weighted by Crippen LogP contribution is 2.37. The Kier molecular flexibility index (Phi) is 3.35. The minimum absolute atomic E-state index is 0.0166. The molecule has 2 amide bonds. The van der Waals surface area contributed by atoms with Gasteiger partial charge in [-0.25, -0.2) is 0 Å². The maximum absolute atomic E-state index is 12.3. The summed E-state index contributed by atoms with van der Waals surface area (Å²) < 4.78 is 0. The number of amides is 2. The van der Waals surface area contributed by atoms with Gasteiger partial charge < -0.3 is 10.2 Å². The van der Waals surface area contributed by atoms with E-state index in [1.165, 1.54) is 0 Å². The second kappa shape index (κ2) is 4.68. The molecule has 1 aliphatic heterocycles. The second-order valence-electron chi connectivity index (χ2n) is 5.32. The van der Waals surface area contributed by atoms with E-state index >= 15 is 0 Å². The van der Waals surface area contributed by atoms with Crippen LogP contribution in [0.25, 0.3) is 0 Å². The van der Waals surface area contributed by atoms with Gasteiger partial charge in [0.1, 0.15) is 0 Å². The molecule has 0 unspecified atom stereocenters. The van der Waals surface area contributed by atoms with E-state index in [0.717, 1.165) is 11.3 Å². The maximum Gasteiger partial charge on any atom is 0.253 e. The minimum Gasteiger partial charge on any atom is -0.339 e. The van der Waals surface area contributed by atoms with Crippen LogP contribution < -0.4 is 5.32 Å². The van der Waals surface area contributed by atoms with E-state index in [1.54, 1.807) is 11.0 Å². The number of rotatable bonds is 3. The molecule has 0 saturated heterocycles. The maximum atomic E-state index is 12.3. The van der Waals surface area contributed by atoms with E-state index in [0.29, 0.717) is 18.7 Å². The van der Waals surface area contributed by atoms with Crippen LogP contribution in [0.1, 0.15) is 43.6 Å². The second-order valence-corrected chi connectivity index (χ2v) is 5.32. The summed E-state index contributed by atoms with van der Waals surface area (Å²) in [5.74, 6) is -0.00196. The van der Waals surface area contributed by atoms with Crippen molar-refractivity contribution in [2.45, 2.75) is 33.1 Å². The Labute approximate surface area is 113 Å². The minimum atomic E-state index is -0.575. The van der Waals surface area contributed by atoms with Crippen LogP contribution >= 0.6 is 0 Å². The summed E-state index contributed by atoms with van der Waals surface area (Å²) in [6.07, 6.45) is 0. The summed E-state index contributed by atoms with van der Waals surface area (Å²) in [4.78, 5) is 26.0. The standard InChI is InChI=1S/C15H20N2O2/c1-5-17(6-2)13(18)10-7-8-12-11(9-10)15(3,4)14(19)16-12/h7-9H,5-6H2,1-4H3,(H,16,19). The Bertz CT molecular complexity index is 531. The summed E-state index contributed by atoms with van der Waals surface area (Å²) >= 11 is 0. The summed E-state index contributed by atoms with van der Waals surface area (Å²) in [5.41, 5.74) is 1.78. The van der Waals surface area contributed by atoms with Crippen molar-refractivity contribution in [2.75, 3.05) is 18.4 Å². The fourth-order valence-electron chi connectivity index (χ4n) is 2.40. The van der Waals surface area contributed by atoms with Crippen molar-refractivity contribution in [1.29, 1.82) is 0 Å². The van der Waals surface area contributed by atoms with Gasteiger partial charge in [-0.2, -0.15) is 0 Å². The van der Waals surface area contributed by atoms with E-state index in [9.17, 15) is 9.59 Å². The Hall–Kier alpha value is -1.84. The third-order valence-electron chi connectivity index (χ3n) is 3.81. The van der Waals surface area contributed by atoms with Gasteiger partial charge in [-0.3, -0.25) is 9.59 Å². The molecule has 0 aromatic heterocycles. The average molecular weight is 260 g/mol. The zero-order chi connectivity index (χ0) is 14.2. The molecule has 102 valence electrons. The van der Waals surface area contributed by atoms with Crippen LogP contribution in [0.5, 0.6) is 0 Å². The molecule has 1 heterocycles. The summed E-state index contributed by atoms with van der Waals surface area (Å²) in [5, 5.41) is 2.85. The number of anilines is 1. The molecule has 1 aliphatic rings. The van der Waals surface area contributed by atoms with E-state index in [-0.39, 0.29) is 11.8 Å². The zero-order valence-corrected chi connectivity index (χ0v) is 11.9. The lowest BCUT2D eigenvalue weighted by atomic mass is 9.85. The average Bonchev–Trinajstić information content (AvgIpc) is 2.61. The number of nitrogens with zero attached hydrogens (tertiary/aromatic N) is 1. The summed E-state index contributed by atoms with van der Waals surface area (Å²) in [6.45, 7) is 9.05. The van der Waals surface area contributed by atoms with Crippen LogP contribution in [0.4, 0.5) is 5.69 Å². The molecule has 0 atom stereocenters. The number of fused-ring (bicyclic) bond motifs is 1. The zero-order valence-electron chi connectivity index (χ0n) is 11.9. The van der Waals surface area contributed by atoms with E-state index in [2.05, 4.69) is 5.32 Å². The van der Waals surface area contributed by atoms with E-state index in [1.807, 2.05) is 39.8 Å². The molecule has 0 fully saturated rings. The van der Waals surface area contributed by atoms with Crippen LogP contribution in [-0.2, 0) is 10.2 Å². The number of carbonyl (C=O) groups is 2. The first kappa shape index (κ1) is 13.6. The fraction of sp³-hybridized carbons (Fsp3) is 0.467. The highest BCUT2D eigenvalue weighted by molar-refractivity contribution is 6.07. The normalized spacial score (nSPS) is 15.9. The lowest BCUT2D eigenvalue weighted by Gasteiger charge is -2.20. The third kappa shape index (κ3) is 2.11. The lowest BCUT2D eigenvalue weighted by Crippen LogP contribution is -2.31. The third-order valence-corrected chi connectivity index (χ3v) is 3.81. The SMILES string of the molecule is CCN(CC)C(=O)c1ccc2c(c1)C(C)(C)C(=O)N2.